The molecule has 0 N–H and O–H groups in total. The summed E-state index contributed by atoms with van der Waals surface area (Å²) in [7, 11) is 0. The van der Waals surface area contributed by atoms with Gasteiger partial charge in [0.25, 0.3) is 0 Å². The highest BCUT2D eigenvalue weighted by Gasteiger charge is 2.12. The summed E-state index contributed by atoms with van der Waals surface area (Å²) in [6.07, 6.45) is 3.21. The summed E-state index contributed by atoms with van der Waals surface area (Å²) in [5.74, 6) is -0.448. The van der Waals surface area contributed by atoms with Crippen LogP contribution in [0.25, 0.3) is 0 Å². The summed E-state index contributed by atoms with van der Waals surface area (Å²) in [6.45, 7) is 7.75. The largest absolute Gasteiger partial charge is 0.493 e. The number of carbonyl (C=O) groups excluding carboxylic acids is 4. The molecule has 0 aromatic heterocycles. The quantitative estimate of drug-likeness (QED) is 0.0985. The molecule has 10 heteroatoms. The van der Waals surface area contributed by atoms with Gasteiger partial charge in [-0.15, -0.1) is 0 Å². The van der Waals surface area contributed by atoms with E-state index >= 15 is 0 Å². The third-order valence-electron chi connectivity index (χ3n) is 5.36. The van der Waals surface area contributed by atoms with E-state index in [9.17, 15) is 19.2 Å². The van der Waals surface area contributed by atoms with E-state index in [4.69, 9.17) is 28.4 Å². The lowest BCUT2D eigenvalue weighted by atomic mass is 10.2. The van der Waals surface area contributed by atoms with Crippen LogP contribution in [-0.2, 0) is 19.1 Å². The lowest BCUT2D eigenvalue weighted by Crippen LogP contribution is -2.10. The molecule has 0 saturated heterocycles. The van der Waals surface area contributed by atoms with Crippen molar-refractivity contribution in [2.45, 2.75) is 12.8 Å². The van der Waals surface area contributed by atoms with E-state index in [2.05, 4.69) is 13.2 Å². The Hall–Kier alpha value is -5.38. The predicted octanol–water partition coefficient (Wildman–Crippen LogP) is 5.12. The monoisotopic (exact) mass is 574 g/mol. The van der Waals surface area contributed by atoms with E-state index in [0.717, 1.165) is 12.2 Å². The van der Waals surface area contributed by atoms with Crippen LogP contribution in [0.1, 0.15) is 33.6 Å². The van der Waals surface area contributed by atoms with Gasteiger partial charge in [0.15, 0.2) is 0 Å². The standard InChI is InChI=1S/C32H30O10/c1-3-29(33)39-21-5-19-37-25-11-7-23(8-12-25)31(35)41-27-15-17-28(18-16-27)42-32(36)24-9-13-26(14-10-24)38-20-6-22-40-30(34)4-2/h3-4,7-18H,1-2,5-6,19-22H2. The lowest BCUT2D eigenvalue weighted by molar-refractivity contribution is -0.138. The van der Waals surface area contributed by atoms with Gasteiger partial charge in [-0.3, -0.25) is 0 Å². The van der Waals surface area contributed by atoms with Gasteiger partial charge in [-0.05, 0) is 72.8 Å². The van der Waals surface area contributed by atoms with Crippen LogP contribution in [0.4, 0.5) is 0 Å². The molecule has 0 fully saturated rings. The summed E-state index contributed by atoms with van der Waals surface area (Å²) in [5.41, 5.74) is 0.641. The molecule has 0 aliphatic heterocycles. The highest BCUT2D eigenvalue weighted by atomic mass is 16.5. The first-order valence-electron chi connectivity index (χ1n) is 13.0. The van der Waals surface area contributed by atoms with Crippen LogP contribution in [-0.4, -0.2) is 50.3 Å². The average molecular weight is 575 g/mol. The molecule has 0 spiro atoms. The second-order valence-corrected chi connectivity index (χ2v) is 8.45. The van der Waals surface area contributed by atoms with Crippen molar-refractivity contribution in [3.05, 3.63) is 109 Å². The maximum absolute atomic E-state index is 12.5. The van der Waals surface area contributed by atoms with Gasteiger partial charge in [0.05, 0.1) is 37.6 Å². The Morgan fingerprint density at radius 1 is 0.500 bits per heavy atom. The molecule has 0 amide bonds. The van der Waals surface area contributed by atoms with Crippen molar-refractivity contribution in [1.29, 1.82) is 0 Å². The Morgan fingerprint density at radius 3 is 1.17 bits per heavy atom. The molecule has 3 aromatic carbocycles. The van der Waals surface area contributed by atoms with Gasteiger partial charge in [0.2, 0.25) is 0 Å². The van der Waals surface area contributed by atoms with Gasteiger partial charge < -0.3 is 28.4 Å². The molecular weight excluding hydrogens is 544 g/mol. The van der Waals surface area contributed by atoms with Gasteiger partial charge in [0.1, 0.15) is 23.0 Å². The minimum absolute atomic E-state index is 0.218. The fraction of sp³-hybridized carbons (Fsp3) is 0.188. The molecule has 0 aliphatic carbocycles. The number of hydrogen-bond donors (Lipinski definition) is 0. The Morgan fingerprint density at radius 2 is 0.833 bits per heavy atom. The number of carbonyl (C=O) groups is 4. The van der Waals surface area contributed by atoms with E-state index in [0.29, 0.717) is 48.7 Å². The van der Waals surface area contributed by atoms with Crippen LogP contribution >= 0.6 is 0 Å². The molecule has 0 atom stereocenters. The number of hydrogen-bond acceptors (Lipinski definition) is 10. The number of ether oxygens (including phenoxy) is 6. The summed E-state index contributed by atoms with van der Waals surface area (Å²) in [4.78, 5) is 47.0. The van der Waals surface area contributed by atoms with Gasteiger partial charge in [-0.25, -0.2) is 19.2 Å². The summed E-state index contributed by atoms with van der Waals surface area (Å²) in [5, 5.41) is 0. The number of rotatable bonds is 16. The maximum Gasteiger partial charge on any atom is 0.343 e. The number of benzene rings is 3. The first-order chi connectivity index (χ1) is 20.4. The summed E-state index contributed by atoms with van der Waals surface area (Å²) < 4.78 is 31.6. The van der Waals surface area contributed by atoms with Gasteiger partial charge in [0, 0.05) is 25.0 Å². The fourth-order valence-electron chi connectivity index (χ4n) is 3.24. The van der Waals surface area contributed by atoms with Crippen LogP contribution in [0.15, 0.2) is 98.1 Å². The molecular formula is C32H30O10. The zero-order chi connectivity index (χ0) is 30.2. The van der Waals surface area contributed by atoms with Crippen molar-refractivity contribution in [2.75, 3.05) is 26.4 Å². The highest BCUT2D eigenvalue weighted by molar-refractivity contribution is 5.92. The Labute approximate surface area is 243 Å². The van der Waals surface area contributed by atoms with Crippen LogP contribution in [0.5, 0.6) is 23.0 Å². The van der Waals surface area contributed by atoms with E-state index in [1.165, 1.54) is 24.3 Å². The van der Waals surface area contributed by atoms with Crippen LogP contribution in [0, 0.1) is 0 Å². The molecule has 42 heavy (non-hydrogen) atoms. The van der Waals surface area contributed by atoms with Crippen molar-refractivity contribution < 1.29 is 47.6 Å². The zero-order valence-electron chi connectivity index (χ0n) is 22.8. The number of esters is 4. The molecule has 0 bridgehead atoms. The van der Waals surface area contributed by atoms with Crippen LogP contribution < -0.4 is 18.9 Å². The van der Waals surface area contributed by atoms with Crippen LogP contribution in [0.3, 0.4) is 0 Å². The first kappa shape index (κ1) is 31.2. The molecule has 3 aromatic rings. The first-order valence-corrected chi connectivity index (χ1v) is 13.0. The van der Waals surface area contributed by atoms with E-state index < -0.39 is 23.9 Å². The normalized spacial score (nSPS) is 10.1. The van der Waals surface area contributed by atoms with E-state index in [1.54, 1.807) is 48.5 Å². The van der Waals surface area contributed by atoms with E-state index in [1.807, 2.05) is 0 Å². The molecule has 0 radical (unpaired) electrons. The maximum atomic E-state index is 12.5. The summed E-state index contributed by atoms with van der Waals surface area (Å²) in [6, 6.07) is 18.9. The summed E-state index contributed by atoms with van der Waals surface area (Å²) >= 11 is 0. The molecule has 0 heterocycles. The van der Waals surface area contributed by atoms with Crippen molar-refractivity contribution >= 4 is 23.9 Å². The third kappa shape index (κ3) is 10.6. The fourth-order valence-corrected chi connectivity index (χ4v) is 3.24. The Kier molecular flexibility index (Phi) is 12.4. The zero-order valence-corrected chi connectivity index (χ0v) is 22.8. The molecule has 0 unspecified atom stereocenters. The minimum atomic E-state index is -0.567. The predicted molar refractivity (Wildman–Crippen MR) is 152 cm³/mol. The molecule has 218 valence electrons. The topological polar surface area (TPSA) is 124 Å². The molecule has 3 rings (SSSR count). The van der Waals surface area contributed by atoms with Crippen molar-refractivity contribution in [3.8, 4) is 23.0 Å². The Bertz CT molecular complexity index is 1250. The van der Waals surface area contributed by atoms with Gasteiger partial charge in [-0.2, -0.15) is 0 Å². The SMILES string of the molecule is C=CC(=O)OCCCOc1ccc(C(=O)Oc2ccc(OC(=O)c3ccc(OCCCOC(=O)C=C)cc3)cc2)cc1. The van der Waals surface area contributed by atoms with Gasteiger partial charge >= 0.3 is 23.9 Å². The second-order valence-electron chi connectivity index (χ2n) is 8.45. The van der Waals surface area contributed by atoms with Crippen molar-refractivity contribution in [2.24, 2.45) is 0 Å². The molecule has 0 aliphatic rings. The molecule has 10 nitrogen and oxygen atoms in total. The lowest BCUT2D eigenvalue weighted by Gasteiger charge is -2.09. The highest BCUT2D eigenvalue weighted by Crippen LogP contribution is 2.21. The Balaban J connectivity index is 1.40. The minimum Gasteiger partial charge on any atom is -0.493 e. The van der Waals surface area contributed by atoms with Crippen molar-refractivity contribution in [1.82, 2.24) is 0 Å². The smallest absolute Gasteiger partial charge is 0.343 e. The van der Waals surface area contributed by atoms with Crippen LogP contribution in [0.2, 0.25) is 0 Å². The second kappa shape index (κ2) is 16.7. The van der Waals surface area contributed by atoms with Gasteiger partial charge in [-0.1, -0.05) is 13.2 Å². The van der Waals surface area contributed by atoms with Crippen molar-refractivity contribution in [3.63, 3.8) is 0 Å². The average Bonchev–Trinajstić information content (AvgIpc) is 3.01. The molecule has 0 saturated carbocycles. The van der Waals surface area contributed by atoms with E-state index in [-0.39, 0.29) is 24.7 Å². The third-order valence-corrected chi connectivity index (χ3v) is 5.36.